The number of methoxy groups -OCH3 is 1. The summed E-state index contributed by atoms with van der Waals surface area (Å²) in [5, 5.41) is 9.52. The van der Waals surface area contributed by atoms with Crippen molar-refractivity contribution < 1.29 is 33.2 Å². The van der Waals surface area contributed by atoms with Crippen LogP contribution < -0.4 is 19.3 Å². The maximum Gasteiger partial charge on any atom is 0.305 e. The van der Waals surface area contributed by atoms with Gasteiger partial charge in [0.05, 0.1) is 31.0 Å². The van der Waals surface area contributed by atoms with Gasteiger partial charge in [0.15, 0.2) is 5.82 Å². The first kappa shape index (κ1) is 28.9. The molecule has 214 valence electrons. The van der Waals surface area contributed by atoms with Crippen LogP contribution in [0.1, 0.15) is 39.5 Å². The SMILES string of the molecule is CCOc1cc(N2CCC(Oc3ccc(N4C[C@H](OCCCOC)[C@@H](C)[C@@H]4CC(=O)O)cc3)CC2)c(F)cn1. The summed E-state index contributed by atoms with van der Waals surface area (Å²) in [4.78, 5) is 19.7. The number of anilines is 2. The minimum absolute atomic E-state index is 0.0276. The van der Waals surface area contributed by atoms with Crippen molar-refractivity contribution >= 4 is 17.3 Å². The number of aromatic nitrogens is 1. The van der Waals surface area contributed by atoms with Crippen LogP contribution in [0.2, 0.25) is 0 Å². The zero-order valence-corrected chi connectivity index (χ0v) is 23.1. The van der Waals surface area contributed by atoms with Crippen LogP contribution in [0, 0.1) is 11.7 Å². The average molecular weight is 546 g/mol. The molecule has 0 saturated carbocycles. The molecule has 3 atom stereocenters. The topological polar surface area (TPSA) is 93.6 Å². The van der Waals surface area contributed by atoms with Gasteiger partial charge in [-0.25, -0.2) is 9.37 Å². The van der Waals surface area contributed by atoms with Crippen molar-refractivity contribution in [2.24, 2.45) is 5.92 Å². The van der Waals surface area contributed by atoms with Crippen LogP contribution in [-0.4, -0.2) is 80.9 Å². The molecular weight excluding hydrogens is 505 g/mol. The first-order chi connectivity index (χ1) is 18.9. The number of carboxylic acid groups (broad SMARTS) is 1. The Morgan fingerprint density at radius 1 is 1.18 bits per heavy atom. The molecule has 4 rings (SSSR count). The quantitative estimate of drug-likeness (QED) is 0.368. The van der Waals surface area contributed by atoms with Crippen molar-refractivity contribution in [2.45, 2.75) is 57.8 Å². The number of carboxylic acids is 1. The van der Waals surface area contributed by atoms with E-state index in [2.05, 4.69) is 16.8 Å². The summed E-state index contributed by atoms with van der Waals surface area (Å²) in [6, 6.07) is 9.36. The van der Waals surface area contributed by atoms with Gasteiger partial charge < -0.3 is 33.9 Å². The van der Waals surface area contributed by atoms with Crippen LogP contribution in [0.15, 0.2) is 36.5 Å². The highest BCUT2D eigenvalue weighted by molar-refractivity contribution is 5.69. The van der Waals surface area contributed by atoms with Crippen LogP contribution in [-0.2, 0) is 14.3 Å². The Labute approximate surface area is 229 Å². The molecule has 0 bridgehead atoms. The van der Waals surface area contributed by atoms with Gasteiger partial charge in [-0.05, 0) is 37.6 Å². The molecular formula is C29H40FN3O6. The van der Waals surface area contributed by atoms with Crippen LogP contribution in [0.5, 0.6) is 11.6 Å². The first-order valence-electron chi connectivity index (χ1n) is 13.8. The predicted molar refractivity (Wildman–Crippen MR) is 146 cm³/mol. The van der Waals surface area contributed by atoms with Crippen molar-refractivity contribution in [3.8, 4) is 11.6 Å². The number of rotatable bonds is 13. The molecule has 3 heterocycles. The number of ether oxygens (including phenoxy) is 4. The third-order valence-corrected chi connectivity index (χ3v) is 7.53. The molecule has 1 N–H and O–H groups in total. The largest absolute Gasteiger partial charge is 0.490 e. The summed E-state index contributed by atoms with van der Waals surface area (Å²) < 4.78 is 37.3. The minimum Gasteiger partial charge on any atom is -0.490 e. The second-order valence-corrected chi connectivity index (χ2v) is 10.1. The van der Waals surface area contributed by atoms with Crippen LogP contribution >= 0.6 is 0 Å². The van der Waals surface area contributed by atoms with Gasteiger partial charge in [-0.3, -0.25) is 4.79 Å². The van der Waals surface area contributed by atoms with E-state index < -0.39 is 5.97 Å². The molecule has 2 saturated heterocycles. The number of hydrogen-bond acceptors (Lipinski definition) is 8. The van der Waals surface area contributed by atoms with Gasteiger partial charge in [0.1, 0.15) is 11.9 Å². The molecule has 0 radical (unpaired) electrons. The lowest BCUT2D eigenvalue weighted by Gasteiger charge is -2.34. The number of carbonyl (C=O) groups is 1. The zero-order valence-electron chi connectivity index (χ0n) is 23.1. The number of pyridine rings is 1. The smallest absolute Gasteiger partial charge is 0.305 e. The monoisotopic (exact) mass is 545 g/mol. The number of halogens is 1. The fourth-order valence-corrected chi connectivity index (χ4v) is 5.44. The van der Waals surface area contributed by atoms with Gasteiger partial charge in [0.25, 0.3) is 0 Å². The fraction of sp³-hybridized carbons (Fsp3) is 0.586. The van der Waals surface area contributed by atoms with Gasteiger partial charge in [-0.15, -0.1) is 0 Å². The molecule has 2 fully saturated rings. The highest BCUT2D eigenvalue weighted by Crippen LogP contribution is 2.35. The van der Waals surface area contributed by atoms with Crippen LogP contribution in [0.3, 0.4) is 0 Å². The third-order valence-electron chi connectivity index (χ3n) is 7.53. The molecule has 10 heteroatoms. The Hall–Kier alpha value is -3.11. The zero-order chi connectivity index (χ0) is 27.8. The van der Waals surface area contributed by atoms with Gasteiger partial charge >= 0.3 is 5.97 Å². The molecule has 1 aromatic heterocycles. The minimum atomic E-state index is -0.816. The lowest BCUT2D eigenvalue weighted by atomic mass is 9.97. The van der Waals surface area contributed by atoms with Gasteiger partial charge in [0, 0.05) is 76.5 Å². The number of benzene rings is 1. The van der Waals surface area contributed by atoms with Crippen molar-refractivity contribution in [2.75, 3.05) is 56.4 Å². The number of nitrogens with zero attached hydrogens (tertiary/aromatic N) is 3. The fourth-order valence-electron chi connectivity index (χ4n) is 5.44. The Bertz CT molecular complexity index is 1060. The van der Waals surface area contributed by atoms with Crippen LogP contribution in [0.25, 0.3) is 0 Å². The normalized spacial score (nSPS) is 21.8. The van der Waals surface area contributed by atoms with E-state index in [1.54, 1.807) is 13.2 Å². The number of aliphatic carboxylic acids is 1. The van der Waals surface area contributed by atoms with E-state index in [4.69, 9.17) is 18.9 Å². The highest BCUT2D eigenvalue weighted by Gasteiger charge is 2.40. The predicted octanol–water partition coefficient (Wildman–Crippen LogP) is 4.39. The van der Waals surface area contributed by atoms with Crippen LogP contribution in [0.4, 0.5) is 15.8 Å². The summed E-state index contributed by atoms with van der Waals surface area (Å²) in [5.74, 6) is 0.103. The third kappa shape index (κ3) is 7.51. The second kappa shape index (κ2) is 13.8. The van der Waals surface area contributed by atoms with Gasteiger partial charge in [-0.1, -0.05) is 6.92 Å². The maximum absolute atomic E-state index is 14.4. The summed E-state index contributed by atoms with van der Waals surface area (Å²) >= 11 is 0. The first-order valence-corrected chi connectivity index (χ1v) is 13.8. The lowest BCUT2D eigenvalue weighted by molar-refractivity contribution is -0.137. The Balaban J connectivity index is 1.34. The van der Waals surface area contributed by atoms with Crippen molar-refractivity contribution in [1.29, 1.82) is 0 Å². The standard InChI is InChI=1S/C29H40FN3O6/c1-4-37-28-16-26(24(30)18-31-28)32-12-10-23(11-13-32)39-22-8-6-21(7-9-22)33-19-27(38-15-5-14-36-3)20(2)25(33)17-29(34)35/h6-9,16,18,20,23,25,27H,4-5,10-15,17,19H2,1-3H3,(H,34,35)/t20-,25-,27-/m0/s1. The molecule has 9 nitrogen and oxygen atoms in total. The van der Waals surface area contributed by atoms with Crippen molar-refractivity contribution in [3.63, 3.8) is 0 Å². The highest BCUT2D eigenvalue weighted by atomic mass is 19.1. The van der Waals surface area contributed by atoms with E-state index in [0.29, 0.717) is 51.0 Å². The number of piperidine rings is 1. The van der Waals surface area contributed by atoms with Gasteiger partial charge in [-0.2, -0.15) is 0 Å². The molecule has 39 heavy (non-hydrogen) atoms. The summed E-state index contributed by atoms with van der Waals surface area (Å²) in [6.45, 7) is 7.62. The Kier molecular flexibility index (Phi) is 10.2. The molecule has 2 aromatic rings. The molecule has 0 aliphatic carbocycles. The van der Waals surface area contributed by atoms with E-state index >= 15 is 0 Å². The van der Waals surface area contributed by atoms with Crippen molar-refractivity contribution in [1.82, 2.24) is 4.98 Å². The summed E-state index contributed by atoms with van der Waals surface area (Å²) in [6.07, 6.45) is 3.59. The second-order valence-electron chi connectivity index (χ2n) is 10.1. The Morgan fingerprint density at radius 3 is 2.59 bits per heavy atom. The molecule has 1 aromatic carbocycles. The lowest BCUT2D eigenvalue weighted by Crippen LogP contribution is -2.38. The van der Waals surface area contributed by atoms with Gasteiger partial charge in [0.2, 0.25) is 5.88 Å². The number of hydrogen-bond donors (Lipinski definition) is 1. The molecule has 0 amide bonds. The summed E-state index contributed by atoms with van der Waals surface area (Å²) in [7, 11) is 1.67. The summed E-state index contributed by atoms with van der Waals surface area (Å²) in [5.41, 5.74) is 1.46. The maximum atomic E-state index is 14.4. The van der Waals surface area contributed by atoms with E-state index in [0.717, 1.165) is 30.7 Å². The van der Waals surface area contributed by atoms with E-state index in [1.165, 1.54) is 6.20 Å². The van der Waals surface area contributed by atoms with E-state index in [9.17, 15) is 14.3 Å². The van der Waals surface area contributed by atoms with Crippen molar-refractivity contribution in [3.05, 3.63) is 42.3 Å². The molecule has 0 unspecified atom stereocenters. The molecule has 2 aliphatic rings. The Morgan fingerprint density at radius 2 is 1.92 bits per heavy atom. The van der Waals surface area contributed by atoms with E-state index in [-0.39, 0.29) is 36.4 Å². The molecule has 2 aliphatic heterocycles. The average Bonchev–Trinajstić information content (AvgIpc) is 3.23. The van der Waals surface area contributed by atoms with E-state index in [1.807, 2.05) is 36.1 Å². The molecule has 0 spiro atoms.